The molecule has 1 atom stereocenters. The Kier molecular flexibility index (Phi) is 4.61. The number of hydrogen-bond acceptors (Lipinski definition) is 2. The van der Waals surface area contributed by atoms with Crippen molar-refractivity contribution in [1.82, 2.24) is 5.32 Å². The maximum absolute atomic E-state index is 12.2. The van der Waals surface area contributed by atoms with Gasteiger partial charge in [0.05, 0.1) is 6.04 Å². The average molecular weight is 294 g/mol. The minimum Gasteiger partial charge on any atom is -0.344 e. The molecule has 0 radical (unpaired) electrons. The standard InChI is InChI=1S/C15H16ClNOS/c1-10(2)14(13-4-3-9-19-13)17-15(18)11-5-7-12(16)8-6-11/h3-10,14H,1-2H3,(H,17,18)/t14-/m1/s1. The molecule has 2 aromatic rings. The summed E-state index contributed by atoms with van der Waals surface area (Å²) in [6.07, 6.45) is 0. The molecule has 0 saturated carbocycles. The van der Waals surface area contributed by atoms with Gasteiger partial charge >= 0.3 is 0 Å². The van der Waals surface area contributed by atoms with E-state index in [0.29, 0.717) is 16.5 Å². The van der Waals surface area contributed by atoms with Crippen LogP contribution in [0.25, 0.3) is 0 Å². The second kappa shape index (κ2) is 6.22. The van der Waals surface area contributed by atoms with Gasteiger partial charge in [0.2, 0.25) is 0 Å². The molecular formula is C15H16ClNOS. The van der Waals surface area contributed by atoms with Crippen molar-refractivity contribution >= 4 is 28.8 Å². The molecule has 4 heteroatoms. The van der Waals surface area contributed by atoms with E-state index in [1.807, 2.05) is 11.4 Å². The third-order valence-electron chi connectivity index (χ3n) is 2.91. The predicted molar refractivity (Wildman–Crippen MR) is 80.8 cm³/mol. The summed E-state index contributed by atoms with van der Waals surface area (Å²) in [5, 5.41) is 5.74. The molecule has 0 bridgehead atoms. The number of benzene rings is 1. The Morgan fingerprint density at radius 3 is 2.42 bits per heavy atom. The van der Waals surface area contributed by atoms with Crippen molar-refractivity contribution in [3.05, 3.63) is 57.2 Å². The molecule has 0 fully saturated rings. The Balaban J connectivity index is 2.14. The van der Waals surface area contributed by atoms with E-state index in [9.17, 15) is 4.79 Å². The van der Waals surface area contributed by atoms with Gasteiger partial charge in [0, 0.05) is 15.5 Å². The molecule has 1 aromatic carbocycles. The van der Waals surface area contributed by atoms with Gasteiger partial charge in [-0.25, -0.2) is 0 Å². The van der Waals surface area contributed by atoms with Crippen LogP contribution in [-0.2, 0) is 0 Å². The number of thiophene rings is 1. The molecular weight excluding hydrogens is 278 g/mol. The largest absolute Gasteiger partial charge is 0.344 e. The van der Waals surface area contributed by atoms with E-state index in [2.05, 4.69) is 25.2 Å². The van der Waals surface area contributed by atoms with Gasteiger partial charge in [-0.2, -0.15) is 0 Å². The van der Waals surface area contributed by atoms with E-state index in [-0.39, 0.29) is 11.9 Å². The fourth-order valence-corrected chi connectivity index (χ4v) is 2.94. The normalized spacial score (nSPS) is 12.4. The summed E-state index contributed by atoms with van der Waals surface area (Å²) in [4.78, 5) is 13.4. The Bertz CT molecular complexity index is 534. The van der Waals surface area contributed by atoms with Crippen molar-refractivity contribution in [1.29, 1.82) is 0 Å². The summed E-state index contributed by atoms with van der Waals surface area (Å²) in [6, 6.07) is 11.0. The molecule has 100 valence electrons. The molecule has 1 amide bonds. The predicted octanol–water partition coefficient (Wildman–Crippen LogP) is 4.53. The number of carbonyl (C=O) groups is 1. The maximum atomic E-state index is 12.2. The first-order valence-corrected chi connectivity index (χ1v) is 7.43. The molecule has 0 unspecified atom stereocenters. The molecule has 1 heterocycles. The molecule has 0 aliphatic heterocycles. The van der Waals surface area contributed by atoms with Gasteiger partial charge in [0.25, 0.3) is 5.91 Å². The van der Waals surface area contributed by atoms with Gasteiger partial charge in [-0.1, -0.05) is 31.5 Å². The highest BCUT2D eigenvalue weighted by atomic mass is 35.5. The van der Waals surface area contributed by atoms with E-state index < -0.39 is 0 Å². The number of amides is 1. The van der Waals surface area contributed by atoms with Crippen LogP contribution in [0.15, 0.2) is 41.8 Å². The van der Waals surface area contributed by atoms with E-state index in [0.717, 1.165) is 0 Å². The zero-order valence-electron chi connectivity index (χ0n) is 10.9. The lowest BCUT2D eigenvalue weighted by atomic mass is 10.0. The van der Waals surface area contributed by atoms with Gasteiger partial charge in [-0.05, 0) is 41.6 Å². The van der Waals surface area contributed by atoms with Crippen molar-refractivity contribution in [2.45, 2.75) is 19.9 Å². The smallest absolute Gasteiger partial charge is 0.251 e. The number of halogens is 1. The monoisotopic (exact) mass is 293 g/mol. The molecule has 0 aliphatic carbocycles. The van der Waals surface area contributed by atoms with Crippen LogP contribution in [-0.4, -0.2) is 5.91 Å². The zero-order chi connectivity index (χ0) is 13.8. The molecule has 19 heavy (non-hydrogen) atoms. The lowest BCUT2D eigenvalue weighted by Crippen LogP contribution is -2.31. The van der Waals surface area contributed by atoms with E-state index in [4.69, 9.17) is 11.6 Å². The Labute approximate surface area is 122 Å². The first kappa shape index (κ1) is 14.1. The second-order valence-electron chi connectivity index (χ2n) is 4.72. The van der Waals surface area contributed by atoms with Crippen LogP contribution < -0.4 is 5.32 Å². The summed E-state index contributed by atoms with van der Waals surface area (Å²) in [6.45, 7) is 4.21. The third kappa shape index (κ3) is 3.58. The summed E-state index contributed by atoms with van der Waals surface area (Å²) in [5.41, 5.74) is 0.631. The molecule has 2 nitrogen and oxygen atoms in total. The summed E-state index contributed by atoms with van der Waals surface area (Å²) in [5.74, 6) is 0.277. The van der Waals surface area contributed by atoms with Gasteiger partial charge in [0.15, 0.2) is 0 Å². The van der Waals surface area contributed by atoms with Gasteiger partial charge in [0.1, 0.15) is 0 Å². The number of nitrogens with one attached hydrogen (secondary N) is 1. The highest BCUT2D eigenvalue weighted by molar-refractivity contribution is 7.10. The maximum Gasteiger partial charge on any atom is 0.251 e. The van der Waals surface area contributed by atoms with Crippen molar-refractivity contribution in [3.63, 3.8) is 0 Å². The lowest BCUT2D eigenvalue weighted by Gasteiger charge is -2.21. The Hall–Kier alpha value is -1.32. The van der Waals surface area contributed by atoms with Crippen molar-refractivity contribution in [2.24, 2.45) is 5.92 Å². The van der Waals surface area contributed by atoms with Gasteiger partial charge < -0.3 is 5.32 Å². The third-order valence-corrected chi connectivity index (χ3v) is 4.12. The molecule has 2 rings (SSSR count). The Morgan fingerprint density at radius 2 is 1.89 bits per heavy atom. The Morgan fingerprint density at radius 1 is 1.21 bits per heavy atom. The first-order valence-electron chi connectivity index (χ1n) is 6.18. The summed E-state index contributed by atoms with van der Waals surface area (Å²) in [7, 11) is 0. The lowest BCUT2D eigenvalue weighted by molar-refractivity contribution is 0.0926. The van der Waals surface area contributed by atoms with E-state index >= 15 is 0 Å². The highest BCUT2D eigenvalue weighted by Crippen LogP contribution is 2.26. The van der Waals surface area contributed by atoms with Crippen LogP contribution in [0.4, 0.5) is 0 Å². The van der Waals surface area contributed by atoms with E-state index in [1.54, 1.807) is 35.6 Å². The first-order chi connectivity index (χ1) is 9.08. The fraction of sp³-hybridized carbons (Fsp3) is 0.267. The summed E-state index contributed by atoms with van der Waals surface area (Å²) >= 11 is 7.49. The van der Waals surface area contributed by atoms with E-state index in [1.165, 1.54) is 4.88 Å². The van der Waals surface area contributed by atoms with Crippen LogP contribution in [0.3, 0.4) is 0 Å². The van der Waals surface area contributed by atoms with Gasteiger partial charge in [-0.15, -0.1) is 11.3 Å². The minimum absolute atomic E-state index is 0.0446. The van der Waals surface area contributed by atoms with Crippen LogP contribution in [0.1, 0.15) is 35.1 Å². The minimum atomic E-state index is -0.0660. The van der Waals surface area contributed by atoms with Gasteiger partial charge in [-0.3, -0.25) is 4.79 Å². The van der Waals surface area contributed by atoms with Crippen molar-refractivity contribution < 1.29 is 4.79 Å². The SMILES string of the molecule is CC(C)[C@@H](NC(=O)c1ccc(Cl)cc1)c1cccs1. The summed E-state index contributed by atoms with van der Waals surface area (Å²) < 4.78 is 0. The molecule has 0 aliphatic rings. The highest BCUT2D eigenvalue weighted by Gasteiger charge is 2.19. The molecule has 1 N–H and O–H groups in total. The second-order valence-corrected chi connectivity index (χ2v) is 6.13. The quantitative estimate of drug-likeness (QED) is 0.882. The fourth-order valence-electron chi connectivity index (χ4n) is 1.86. The van der Waals surface area contributed by atoms with Crippen LogP contribution in [0.5, 0.6) is 0 Å². The zero-order valence-corrected chi connectivity index (χ0v) is 12.5. The molecule has 0 saturated heterocycles. The molecule has 0 spiro atoms. The van der Waals surface area contributed by atoms with Crippen molar-refractivity contribution in [3.8, 4) is 0 Å². The number of carbonyl (C=O) groups excluding carboxylic acids is 1. The molecule has 1 aromatic heterocycles. The van der Waals surface area contributed by atoms with Crippen molar-refractivity contribution in [2.75, 3.05) is 0 Å². The van der Waals surface area contributed by atoms with Crippen LogP contribution in [0.2, 0.25) is 5.02 Å². The average Bonchev–Trinajstić information content (AvgIpc) is 2.89. The van der Waals surface area contributed by atoms with Crippen LogP contribution >= 0.6 is 22.9 Å². The topological polar surface area (TPSA) is 29.1 Å². The van der Waals surface area contributed by atoms with Crippen LogP contribution in [0, 0.1) is 5.92 Å². The number of hydrogen-bond donors (Lipinski definition) is 1. The number of rotatable bonds is 4.